The smallest absolute Gasteiger partial charge is 0.303 e. The molecule has 18 heavy (non-hydrogen) atoms. The molecule has 0 aliphatic carbocycles. The van der Waals surface area contributed by atoms with Gasteiger partial charge in [-0.2, -0.15) is 11.3 Å². The minimum Gasteiger partial charge on any atom is -0.481 e. The third kappa shape index (κ3) is 7.06. The van der Waals surface area contributed by atoms with Crippen LogP contribution in [0.5, 0.6) is 0 Å². The first-order chi connectivity index (χ1) is 8.68. The quantitative estimate of drug-likeness (QED) is 0.677. The summed E-state index contributed by atoms with van der Waals surface area (Å²) in [4.78, 5) is 21.7. The van der Waals surface area contributed by atoms with Gasteiger partial charge in [-0.05, 0) is 41.7 Å². The Balaban J connectivity index is 1.95. The number of carbonyl (C=O) groups excluding carboxylic acids is 1. The molecule has 2 N–H and O–H groups in total. The Morgan fingerprint density at radius 1 is 1.22 bits per heavy atom. The molecule has 0 unspecified atom stereocenters. The first-order valence-corrected chi connectivity index (χ1v) is 7.12. The molecular formula is C13H19NO3S. The summed E-state index contributed by atoms with van der Waals surface area (Å²) in [6.45, 7) is 0.641. The highest BCUT2D eigenvalue weighted by atomic mass is 32.1. The zero-order chi connectivity index (χ0) is 13.2. The van der Waals surface area contributed by atoms with Gasteiger partial charge in [0.05, 0.1) is 0 Å². The van der Waals surface area contributed by atoms with Gasteiger partial charge in [-0.15, -0.1) is 0 Å². The van der Waals surface area contributed by atoms with Gasteiger partial charge in [0.25, 0.3) is 0 Å². The van der Waals surface area contributed by atoms with E-state index in [9.17, 15) is 9.59 Å². The minimum absolute atomic E-state index is 0.0689. The summed E-state index contributed by atoms with van der Waals surface area (Å²) >= 11 is 1.64. The second-order valence-electron chi connectivity index (χ2n) is 4.19. The van der Waals surface area contributed by atoms with Crippen molar-refractivity contribution in [2.24, 2.45) is 0 Å². The van der Waals surface area contributed by atoms with Gasteiger partial charge in [0, 0.05) is 19.4 Å². The fourth-order valence-corrected chi connectivity index (χ4v) is 2.29. The van der Waals surface area contributed by atoms with E-state index in [1.165, 1.54) is 5.56 Å². The zero-order valence-corrected chi connectivity index (χ0v) is 11.2. The third-order valence-corrected chi connectivity index (χ3v) is 3.34. The maximum Gasteiger partial charge on any atom is 0.303 e. The highest BCUT2D eigenvalue weighted by Crippen LogP contribution is 2.08. The van der Waals surface area contributed by atoms with Crippen molar-refractivity contribution >= 4 is 23.2 Å². The lowest BCUT2D eigenvalue weighted by Gasteiger charge is -2.04. The van der Waals surface area contributed by atoms with Crippen molar-refractivity contribution in [1.82, 2.24) is 5.32 Å². The Kier molecular flexibility index (Phi) is 7.10. The van der Waals surface area contributed by atoms with Crippen LogP contribution in [0, 0.1) is 0 Å². The minimum atomic E-state index is -0.755. The lowest BCUT2D eigenvalue weighted by molar-refractivity contribution is -0.137. The summed E-state index contributed by atoms with van der Waals surface area (Å²) in [6.07, 6.45) is 3.89. The molecule has 0 bridgehead atoms. The predicted octanol–water partition coefficient (Wildman–Crippen LogP) is 2.44. The summed E-state index contributed by atoms with van der Waals surface area (Å²) in [6, 6.07) is 2.03. The predicted molar refractivity (Wildman–Crippen MR) is 71.8 cm³/mol. The van der Waals surface area contributed by atoms with Crippen molar-refractivity contribution in [2.45, 2.75) is 38.5 Å². The average Bonchev–Trinajstić information content (AvgIpc) is 2.83. The Labute approximate surface area is 111 Å². The van der Waals surface area contributed by atoms with Crippen molar-refractivity contribution in [3.05, 3.63) is 22.4 Å². The first kappa shape index (κ1) is 14.7. The van der Waals surface area contributed by atoms with Crippen LogP contribution in [0.4, 0.5) is 0 Å². The Morgan fingerprint density at radius 3 is 2.72 bits per heavy atom. The van der Waals surface area contributed by atoms with E-state index in [-0.39, 0.29) is 12.3 Å². The van der Waals surface area contributed by atoms with Gasteiger partial charge >= 0.3 is 5.97 Å². The van der Waals surface area contributed by atoms with Gasteiger partial charge in [0.15, 0.2) is 0 Å². The normalized spacial score (nSPS) is 10.2. The van der Waals surface area contributed by atoms with Crippen LogP contribution in [0.25, 0.3) is 0 Å². The molecule has 1 amide bonds. The van der Waals surface area contributed by atoms with Gasteiger partial charge in [-0.25, -0.2) is 0 Å². The van der Waals surface area contributed by atoms with Crippen LogP contribution in [0.15, 0.2) is 16.8 Å². The molecule has 1 aromatic rings. The van der Waals surface area contributed by atoms with Crippen molar-refractivity contribution < 1.29 is 14.7 Å². The molecule has 0 spiro atoms. The summed E-state index contributed by atoms with van der Waals surface area (Å²) in [5.41, 5.74) is 1.21. The summed E-state index contributed by atoms with van der Waals surface area (Å²) in [5.74, 6) is -0.686. The zero-order valence-electron chi connectivity index (χ0n) is 10.4. The monoisotopic (exact) mass is 269 g/mol. The van der Waals surface area contributed by atoms with E-state index in [0.29, 0.717) is 19.4 Å². The van der Waals surface area contributed by atoms with Crippen LogP contribution < -0.4 is 5.32 Å². The molecule has 5 heteroatoms. The molecule has 0 saturated carbocycles. The number of hydrogen-bond acceptors (Lipinski definition) is 3. The van der Waals surface area contributed by atoms with Crippen LogP contribution in [-0.2, 0) is 16.0 Å². The number of hydrogen-bond donors (Lipinski definition) is 2. The summed E-state index contributed by atoms with van der Waals surface area (Å²) in [7, 11) is 0. The fraction of sp³-hybridized carbons (Fsp3) is 0.538. The lowest BCUT2D eigenvalue weighted by Crippen LogP contribution is -2.24. The molecule has 1 heterocycles. The van der Waals surface area contributed by atoms with Crippen molar-refractivity contribution in [3.63, 3.8) is 0 Å². The second kappa shape index (κ2) is 8.69. The van der Waals surface area contributed by atoms with Crippen molar-refractivity contribution in [1.29, 1.82) is 0 Å². The molecule has 0 saturated heterocycles. The van der Waals surface area contributed by atoms with Crippen molar-refractivity contribution in [3.8, 4) is 0 Å². The molecule has 0 radical (unpaired) electrons. The first-order valence-electron chi connectivity index (χ1n) is 6.18. The van der Waals surface area contributed by atoms with E-state index < -0.39 is 5.97 Å². The number of thiophene rings is 1. The molecule has 0 aliphatic heterocycles. The second-order valence-corrected chi connectivity index (χ2v) is 4.97. The maximum atomic E-state index is 11.5. The van der Waals surface area contributed by atoms with Gasteiger partial charge in [0.1, 0.15) is 0 Å². The van der Waals surface area contributed by atoms with Crippen LogP contribution in [0.1, 0.15) is 37.7 Å². The molecule has 4 nitrogen and oxygen atoms in total. The van der Waals surface area contributed by atoms with Crippen LogP contribution in [-0.4, -0.2) is 23.5 Å². The van der Waals surface area contributed by atoms with Gasteiger partial charge in [0.2, 0.25) is 5.91 Å². The Hall–Kier alpha value is -1.36. The van der Waals surface area contributed by atoms with Gasteiger partial charge in [-0.3, -0.25) is 9.59 Å². The van der Waals surface area contributed by atoms with E-state index in [2.05, 4.69) is 10.7 Å². The van der Waals surface area contributed by atoms with E-state index >= 15 is 0 Å². The summed E-state index contributed by atoms with van der Waals surface area (Å²) in [5, 5.41) is 15.4. The number of nitrogens with one attached hydrogen (secondary N) is 1. The number of carboxylic acids is 1. The average molecular weight is 269 g/mol. The van der Waals surface area contributed by atoms with E-state index in [0.717, 1.165) is 19.3 Å². The number of carbonyl (C=O) groups is 2. The molecule has 1 aromatic heterocycles. The molecular weight excluding hydrogens is 250 g/mol. The highest BCUT2D eigenvalue weighted by molar-refractivity contribution is 7.07. The Bertz CT molecular complexity index is 362. The maximum absolute atomic E-state index is 11.5. The van der Waals surface area contributed by atoms with Crippen molar-refractivity contribution in [2.75, 3.05) is 6.54 Å². The molecule has 0 atom stereocenters. The lowest BCUT2D eigenvalue weighted by atomic mass is 10.1. The number of amides is 1. The fourth-order valence-electron chi connectivity index (χ4n) is 1.59. The van der Waals surface area contributed by atoms with E-state index in [1.807, 2.05) is 11.4 Å². The van der Waals surface area contributed by atoms with E-state index in [1.54, 1.807) is 11.3 Å². The van der Waals surface area contributed by atoms with E-state index in [4.69, 9.17) is 5.11 Å². The molecule has 0 aliphatic rings. The SMILES string of the molecule is O=C(O)CCCCCNC(=O)CCc1ccsc1. The van der Waals surface area contributed by atoms with Crippen LogP contribution in [0.2, 0.25) is 0 Å². The number of carboxylic acid groups (broad SMARTS) is 1. The standard InChI is InChI=1S/C13H19NO3S/c15-12(6-5-11-7-9-18-10-11)14-8-3-1-2-4-13(16)17/h7,9-10H,1-6,8H2,(H,14,15)(H,16,17). The molecule has 100 valence electrons. The number of rotatable bonds is 9. The largest absolute Gasteiger partial charge is 0.481 e. The number of unbranched alkanes of at least 4 members (excludes halogenated alkanes) is 2. The topological polar surface area (TPSA) is 66.4 Å². The number of aryl methyl sites for hydroxylation is 1. The third-order valence-electron chi connectivity index (χ3n) is 2.61. The highest BCUT2D eigenvalue weighted by Gasteiger charge is 2.02. The van der Waals surface area contributed by atoms with Gasteiger partial charge in [-0.1, -0.05) is 6.42 Å². The van der Waals surface area contributed by atoms with Crippen LogP contribution in [0.3, 0.4) is 0 Å². The number of aliphatic carboxylic acids is 1. The van der Waals surface area contributed by atoms with Gasteiger partial charge < -0.3 is 10.4 Å². The molecule has 0 fully saturated rings. The Morgan fingerprint density at radius 2 is 2.06 bits per heavy atom. The molecule has 0 aromatic carbocycles. The summed E-state index contributed by atoms with van der Waals surface area (Å²) < 4.78 is 0. The molecule has 1 rings (SSSR count). The van der Waals surface area contributed by atoms with Crippen LogP contribution >= 0.6 is 11.3 Å².